The Morgan fingerprint density at radius 2 is 1.58 bits per heavy atom. The summed E-state index contributed by atoms with van der Waals surface area (Å²) in [7, 11) is 4.58. The van der Waals surface area contributed by atoms with Gasteiger partial charge in [0.1, 0.15) is 0 Å². The largest absolute Gasteiger partial charge is 0.493 e. The van der Waals surface area contributed by atoms with Gasteiger partial charge in [-0.05, 0) is 23.6 Å². The zero-order valence-corrected chi connectivity index (χ0v) is 14.5. The van der Waals surface area contributed by atoms with E-state index in [4.69, 9.17) is 14.2 Å². The molecule has 0 spiro atoms. The van der Waals surface area contributed by atoms with Gasteiger partial charge in [-0.25, -0.2) is 0 Å². The maximum atomic E-state index is 12.5. The summed E-state index contributed by atoms with van der Waals surface area (Å²) in [5.41, 5.74) is 1.65. The van der Waals surface area contributed by atoms with Crippen molar-refractivity contribution >= 4 is 5.91 Å². The Hall–Kier alpha value is -2.69. The number of hydrogen-bond donors (Lipinski definition) is 1. The van der Waals surface area contributed by atoms with Gasteiger partial charge in [-0.15, -0.1) is 0 Å². The molecule has 1 atom stereocenters. The van der Waals surface area contributed by atoms with Gasteiger partial charge in [0.05, 0.1) is 21.3 Å². The van der Waals surface area contributed by atoms with Crippen LogP contribution in [-0.4, -0.2) is 33.8 Å². The van der Waals surface area contributed by atoms with E-state index < -0.39 is 0 Å². The molecule has 0 radical (unpaired) electrons. The number of rotatable bonds is 7. The lowest BCUT2D eigenvalue weighted by molar-refractivity contribution is 0.0951. The highest BCUT2D eigenvalue weighted by atomic mass is 16.5. The van der Waals surface area contributed by atoms with Gasteiger partial charge in [-0.3, -0.25) is 4.79 Å². The third kappa shape index (κ3) is 3.98. The van der Waals surface area contributed by atoms with Crippen LogP contribution < -0.4 is 19.5 Å². The predicted molar refractivity (Wildman–Crippen MR) is 93.3 cm³/mol. The van der Waals surface area contributed by atoms with Crippen LogP contribution in [0.3, 0.4) is 0 Å². The van der Waals surface area contributed by atoms with E-state index in [0.29, 0.717) is 29.4 Å². The molecule has 5 nitrogen and oxygen atoms in total. The maximum absolute atomic E-state index is 12.5. The molecule has 0 heterocycles. The first-order chi connectivity index (χ1) is 11.6. The van der Waals surface area contributed by atoms with Crippen molar-refractivity contribution in [1.29, 1.82) is 0 Å². The van der Waals surface area contributed by atoms with Gasteiger partial charge in [0.2, 0.25) is 5.75 Å². The van der Waals surface area contributed by atoms with Crippen molar-refractivity contribution in [3.8, 4) is 17.2 Å². The molecule has 1 N–H and O–H groups in total. The smallest absolute Gasteiger partial charge is 0.251 e. The van der Waals surface area contributed by atoms with Crippen LogP contribution in [0.1, 0.15) is 28.8 Å². The quantitative estimate of drug-likeness (QED) is 0.847. The van der Waals surface area contributed by atoms with E-state index in [1.54, 1.807) is 12.1 Å². The van der Waals surface area contributed by atoms with E-state index in [1.807, 2.05) is 18.2 Å². The van der Waals surface area contributed by atoms with Gasteiger partial charge in [-0.2, -0.15) is 0 Å². The summed E-state index contributed by atoms with van der Waals surface area (Å²) >= 11 is 0. The van der Waals surface area contributed by atoms with Gasteiger partial charge in [0.25, 0.3) is 5.91 Å². The molecule has 2 aromatic carbocycles. The Balaban J connectivity index is 2.12. The fourth-order valence-corrected chi connectivity index (χ4v) is 2.46. The first-order valence-electron chi connectivity index (χ1n) is 7.73. The second-order valence-corrected chi connectivity index (χ2v) is 5.44. The third-order valence-corrected chi connectivity index (χ3v) is 3.86. The highest BCUT2D eigenvalue weighted by Crippen LogP contribution is 2.38. The lowest BCUT2D eigenvalue weighted by Crippen LogP contribution is -2.27. The second kappa shape index (κ2) is 8.24. The summed E-state index contributed by atoms with van der Waals surface area (Å²) in [6.45, 7) is 2.62. The molecule has 0 fully saturated rings. The Morgan fingerprint density at radius 1 is 1.00 bits per heavy atom. The molecule has 0 aliphatic heterocycles. The highest BCUT2D eigenvalue weighted by Gasteiger charge is 2.17. The number of benzene rings is 2. The minimum Gasteiger partial charge on any atom is -0.493 e. The molecule has 1 amide bonds. The first-order valence-corrected chi connectivity index (χ1v) is 7.73. The second-order valence-electron chi connectivity index (χ2n) is 5.44. The van der Waals surface area contributed by atoms with Gasteiger partial charge in [0.15, 0.2) is 11.5 Å². The highest BCUT2D eigenvalue weighted by molar-refractivity contribution is 5.95. The number of amides is 1. The summed E-state index contributed by atoms with van der Waals surface area (Å²) in [6.07, 6.45) is 0. The fourth-order valence-electron chi connectivity index (χ4n) is 2.46. The summed E-state index contributed by atoms with van der Waals surface area (Å²) in [5, 5.41) is 2.95. The Morgan fingerprint density at radius 3 is 2.08 bits per heavy atom. The van der Waals surface area contributed by atoms with Gasteiger partial charge in [-0.1, -0.05) is 37.3 Å². The molecule has 0 unspecified atom stereocenters. The fraction of sp³-hybridized carbons (Fsp3) is 0.316. The number of carbonyl (C=O) groups excluding carboxylic acids is 1. The molecule has 24 heavy (non-hydrogen) atoms. The molecular formula is C19H23NO4. The van der Waals surface area contributed by atoms with E-state index in [9.17, 15) is 4.79 Å². The van der Waals surface area contributed by atoms with Crippen LogP contribution in [0, 0.1) is 0 Å². The van der Waals surface area contributed by atoms with Crippen LogP contribution >= 0.6 is 0 Å². The molecule has 0 saturated heterocycles. The van der Waals surface area contributed by atoms with Crippen LogP contribution in [-0.2, 0) is 0 Å². The number of ether oxygens (including phenoxy) is 3. The molecule has 2 aromatic rings. The van der Waals surface area contributed by atoms with E-state index in [-0.39, 0.29) is 11.8 Å². The molecule has 0 saturated carbocycles. The summed E-state index contributed by atoms with van der Waals surface area (Å²) < 4.78 is 15.8. The lowest BCUT2D eigenvalue weighted by atomic mass is 10.0. The van der Waals surface area contributed by atoms with Gasteiger partial charge in [0, 0.05) is 12.1 Å². The van der Waals surface area contributed by atoms with Crippen molar-refractivity contribution in [3.05, 3.63) is 53.6 Å². The molecule has 128 valence electrons. The average molecular weight is 329 g/mol. The Kier molecular flexibility index (Phi) is 6.07. The van der Waals surface area contributed by atoms with Crippen LogP contribution in [0.25, 0.3) is 0 Å². The molecule has 0 aromatic heterocycles. The van der Waals surface area contributed by atoms with Gasteiger partial charge >= 0.3 is 0 Å². The Labute approximate surface area is 142 Å². The zero-order chi connectivity index (χ0) is 17.5. The van der Waals surface area contributed by atoms with Crippen molar-refractivity contribution in [1.82, 2.24) is 5.32 Å². The van der Waals surface area contributed by atoms with Gasteiger partial charge < -0.3 is 19.5 Å². The van der Waals surface area contributed by atoms with Crippen LogP contribution in [0.4, 0.5) is 0 Å². The van der Waals surface area contributed by atoms with Crippen LogP contribution in [0.5, 0.6) is 17.2 Å². The van der Waals surface area contributed by atoms with Crippen LogP contribution in [0.2, 0.25) is 0 Å². The summed E-state index contributed by atoms with van der Waals surface area (Å²) in [6, 6.07) is 13.4. The SMILES string of the molecule is COc1cc(C(=O)NC[C@@H](C)c2ccccc2)cc(OC)c1OC. The standard InChI is InChI=1S/C19H23NO4/c1-13(14-8-6-5-7-9-14)12-20-19(21)15-10-16(22-2)18(24-4)17(11-15)23-3/h5-11,13H,12H2,1-4H3,(H,20,21)/t13-/m1/s1. The topological polar surface area (TPSA) is 56.8 Å². The normalized spacial score (nSPS) is 11.5. The van der Waals surface area contributed by atoms with Crippen molar-refractivity contribution < 1.29 is 19.0 Å². The van der Waals surface area contributed by atoms with E-state index in [2.05, 4.69) is 24.4 Å². The number of methoxy groups -OCH3 is 3. The minimum absolute atomic E-state index is 0.183. The average Bonchev–Trinajstić information content (AvgIpc) is 2.65. The molecule has 0 aliphatic carbocycles. The minimum atomic E-state index is -0.183. The van der Waals surface area contributed by atoms with Crippen molar-refractivity contribution in [2.75, 3.05) is 27.9 Å². The van der Waals surface area contributed by atoms with Crippen molar-refractivity contribution in [2.24, 2.45) is 0 Å². The summed E-state index contributed by atoms with van der Waals surface area (Å²) in [4.78, 5) is 12.5. The molecule has 0 bridgehead atoms. The molecular weight excluding hydrogens is 306 g/mol. The zero-order valence-electron chi connectivity index (χ0n) is 14.5. The molecule has 5 heteroatoms. The van der Waals surface area contributed by atoms with Crippen LogP contribution in [0.15, 0.2) is 42.5 Å². The Bertz CT molecular complexity index is 660. The molecule has 2 rings (SSSR count). The maximum Gasteiger partial charge on any atom is 0.251 e. The summed E-state index contributed by atoms with van der Waals surface area (Å²) in [5.74, 6) is 1.42. The molecule has 0 aliphatic rings. The van der Waals surface area contributed by atoms with E-state index in [0.717, 1.165) is 0 Å². The van der Waals surface area contributed by atoms with E-state index in [1.165, 1.54) is 26.9 Å². The third-order valence-electron chi connectivity index (χ3n) is 3.86. The number of hydrogen-bond acceptors (Lipinski definition) is 4. The van der Waals surface area contributed by atoms with Crippen molar-refractivity contribution in [3.63, 3.8) is 0 Å². The predicted octanol–water partition coefficient (Wildman–Crippen LogP) is 3.25. The lowest BCUT2D eigenvalue weighted by Gasteiger charge is -2.16. The van der Waals surface area contributed by atoms with E-state index >= 15 is 0 Å². The first kappa shape index (κ1) is 17.7. The number of nitrogens with one attached hydrogen (secondary N) is 1. The van der Waals surface area contributed by atoms with Crippen molar-refractivity contribution in [2.45, 2.75) is 12.8 Å². The number of carbonyl (C=O) groups is 1. The monoisotopic (exact) mass is 329 g/mol.